The van der Waals surface area contributed by atoms with Crippen LogP contribution < -0.4 is 21.3 Å². The molecule has 2 aromatic rings. The minimum absolute atomic E-state index is 0.00716. The van der Waals surface area contributed by atoms with E-state index in [1.54, 1.807) is 24.3 Å². The number of nitrogens with one attached hydrogen (secondary N) is 1. The van der Waals surface area contributed by atoms with Gasteiger partial charge in [-0.05, 0) is 19.1 Å². The van der Waals surface area contributed by atoms with Gasteiger partial charge in [0.05, 0.1) is 0 Å². The largest absolute Gasteiger partial charge is 0.479 e. The number of carbonyl (C=O) groups is 2. The predicted octanol–water partition coefficient (Wildman–Crippen LogP) is 0.0332. The van der Waals surface area contributed by atoms with Crippen molar-refractivity contribution in [3.8, 4) is 5.75 Å². The third kappa shape index (κ3) is 4.59. The van der Waals surface area contributed by atoms with Crippen LogP contribution in [0.25, 0.3) is 0 Å². The minimum atomic E-state index is -0.904. The van der Waals surface area contributed by atoms with Gasteiger partial charge in [0.1, 0.15) is 11.6 Å². The van der Waals surface area contributed by atoms with Gasteiger partial charge in [-0.15, -0.1) is 0 Å². The molecule has 0 spiro atoms. The van der Waals surface area contributed by atoms with E-state index in [4.69, 9.17) is 9.47 Å². The Balaban J connectivity index is 1.92. The zero-order chi connectivity index (χ0) is 19.3. The first kappa shape index (κ1) is 19.0. The molecule has 0 bridgehead atoms. The number of hydrogen-bond acceptors (Lipinski definition) is 6. The third-order valence-corrected chi connectivity index (χ3v) is 3.53. The topological polar surface area (TPSA) is 109 Å². The Morgan fingerprint density at radius 2 is 1.77 bits per heavy atom. The third-order valence-electron chi connectivity index (χ3n) is 3.53. The normalized spacial score (nSPS) is 11.5. The monoisotopic (exact) mass is 361 g/mol. The summed E-state index contributed by atoms with van der Waals surface area (Å²) in [6, 6.07) is 9.80. The van der Waals surface area contributed by atoms with E-state index < -0.39 is 35.8 Å². The van der Waals surface area contributed by atoms with Gasteiger partial charge in [0, 0.05) is 20.2 Å². The highest BCUT2D eigenvalue weighted by molar-refractivity contribution is 5.92. The fourth-order valence-corrected chi connectivity index (χ4v) is 2.04. The van der Waals surface area contributed by atoms with Crippen molar-refractivity contribution >= 4 is 17.7 Å². The second kappa shape index (κ2) is 8.15. The molecule has 0 radical (unpaired) electrons. The van der Waals surface area contributed by atoms with Gasteiger partial charge in [-0.2, -0.15) is 0 Å². The lowest BCUT2D eigenvalue weighted by Gasteiger charge is -2.14. The van der Waals surface area contributed by atoms with Gasteiger partial charge in [0.25, 0.3) is 11.5 Å². The number of rotatable bonds is 6. The first-order valence-corrected chi connectivity index (χ1v) is 7.75. The van der Waals surface area contributed by atoms with Gasteiger partial charge in [-0.25, -0.2) is 9.59 Å². The van der Waals surface area contributed by atoms with Crippen LogP contribution in [0.1, 0.15) is 6.92 Å². The molecule has 0 aliphatic heterocycles. The van der Waals surface area contributed by atoms with Crippen LogP contribution in [0.5, 0.6) is 5.75 Å². The van der Waals surface area contributed by atoms with E-state index in [0.717, 1.165) is 15.2 Å². The van der Waals surface area contributed by atoms with E-state index in [9.17, 15) is 19.2 Å². The lowest BCUT2D eigenvalue weighted by molar-refractivity contribution is -0.153. The second-order valence-corrected chi connectivity index (χ2v) is 5.50. The van der Waals surface area contributed by atoms with E-state index >= 15 is 0 Å². The van der Waals surface area contributed by atoms with Crippen LogP contribution in [0, 0.1) is 0 Å². The van der Waals surface area contributed by atoms with Crippen LogP contribution in [0.2, 0.25) is 0 Å². The summed E-state index contributed by atoms with van der Waals surface area (Å²) < 4.78 is 12.3. The van der Waals surface area contributed by atoms with Crippen LogP contribution >= 0.6 is 0 Å². The van der Waals surface area contributed by atoms with Crippen molar-refractivity contribution in [2.75, 3.05) is 11.9 Å². The molecule has 26 heavy (non-hydrogen) atoms. The molecule has 9 nitrogen and oxygen atoms in total. The number of nitrogens with zero attached hydrogens (tertiary/aromatic N) is 2. The summed E-state index contributed by atoms with van der Waals surface area (Å²) in [5.74, 6) is -0.903. The van der Waals surface area contributed by atoms with E-state index in [1.807, 2.05) is 6.07 Å². The molecule has 0 fully saturated rings. The number of amides is 1. The van der Waals surface area contributed by atoms with E-state index in [-0.39, 0.29) is 5.82 Å². The molecular weight excluding hydrogens is 342 g/mol. The zero-order valence-corrected chi connectivity index (χ0v) is 14.6. The van der Waals surface area contributed by atoms with Gasteiger partial charge in [-0.3, -0.25) is 18.7 Å². The first-order valence-electron chi connectivity index (χ1n) is 7.75. The van der Waals surface area contributed by atoms with Crippen molar-refractivity contribution in [1.82, 2.24) is 9.13 Å². The Morgan fingerprint density at radius 3 is 2.42 bits per heavy atom. The zero-order valence-electron chi connectivity index (χ0n) is 14.6. The highest BCUT2D eigenvalue weighted by Crippen LogP contribution is 2.11. The van der Waals surface area contributed by atoms with Gasteiger partial charge in [-0.1, -0.05) is 18.2 Å². The average molecular weight is 361 g/mol. The molecule has 9 heteroatoms. The molecule has 1 heterocycles. The summed E-state index contributed by atoms with van der Waals surface area (Å²) in [4.78, 5) is 47.2. The van der Waals surface area contributed by atoms with Crippen molar-refractivity contribution in [3.05, 3.63) is 57.2 Å². The Kier molecular flexibility index (Phi) is 5.94. The number of anilines is 1. The first-order chi connectivity index (χ1) is 12.3. The Hall–Kier alpha value is -3.36. The molecule has 2 rings (SSSR count). The van der Waals surface area contributed by atoms with E-state index in [1.165, 1.54) is 21.0 Å². The van der Waals surface area contributed by atoms with Gasteiger partial charge in [0.2, 0.25) is 0 Å². The molecule has 1 amide bonds. The maximum atomic E-state index is 11.9. The van der Waals surface area contributed by atoms with Crippen LogP contribution in [-0.4, -0.2) is 33.7 Å². The van der Waals surface area contributed by atoms with Crippen molar-refractivity contribution in [2.24, 2.45) is 14.1 Å². The fourth-order valence-electron chi connectivity index (χ4n) is 2.04. The quantitative estimate of drug-likeness (QED) is 0.728. The molecule has 0 saturated carbocycles. The van der Waals surface area contributed by atoms with E-state index in [2.05, 4.69) is 5.32 Å². The number of benzene rings is 1. The number of aromatic nitrogens is 2. The van der Waals surface area contributed by atoms with Gasteiger partial charge in [0.15, 0.2) is 12.7 Å². The standard InChI is InChI=1S/C17H19N3O6/c1-11(26-12-7-5-4-6-8-12)16(23)25-10-14(21)18-13-9-15(22)20(3)17(24)19(13)2/h4-9,11H,10H2,1-3H3,(H,18,21). The SMILES string of the molecule is CC(Oc1ccccc1)C(=O)OCC(=O)Nc1cc(=O)n(C)c(=O)n1C. The number of carbonyl (C=O) groups excluding carboxylic acids is 2. The van der Waals surface area contributed by atoms with Crippen LogP contribution in [-0.2, 0) is 28.4 Å². The van der Waals surface area contributed by atoms with E-state index in [0.29, 0.717) is 5.75 Å². The molecule has 1 atom stereocenters. The molecular formula is C17H19N3O6. The van der Waals surface area contributed by atoms with Crippen molar-refractivity contribution in [1.29, 1.82) is 0 Å². The molecule has 1 unspecified atom stereocenters. The summed E-state index contributed by atoms with van der Waals surface area (Å²) >= 11 is 0. The summed E-state index contributed by atoms with van der Waals surface area (Å²) in [6.45, 7) is 0.919. The predicted molar refractivity (Wildman–Crippen MR) is 93.0 cm³/mol. The van der Waals surface area contributed by atoms with Crippen LogP contribution in [0.4, 0.5) is 5.82 Å². The average Bonchev–Trinajstić information content (AvgIpc) is 2.63. The maximum Gasteiger partial charge on any atom is 0.347 e. The molecule has 1 N–H and O–H groups in total. The number of para-hydroxylation sites is 1. The maximum absolute atomic E-state index is 11.9. The molecule has 0 aliphatic rings. The lowest BCUT2D eigenvalue weighted by Crippen LogP contribution is -2.38. The molecule has 138 valence electrons. The summed E-state index contributed by atoms with van der Waals surface area (Å²) in [6.07, 6.45) is -0.904. The number of hydrogen-bond donors (Lipinski definition) is 1. The number of esters is 1. The molecule has 1 aromatic heterocycles. The molecule has 0 saturated heterocycles. The van der Waals surface area contributed by atoms with Crippen molar-refractivity contribution in [2.45, 2.75) is 13.0 Å². The van der Waals surface area contributed by atoms with Crippen LogP contribution in [0.3, 0.4) is 0 Å². The van der Waals surface area contributed by atoms with Crippen molar-refractivity contribution < 1.29 is 19.1 Å². The molecule has 1 aromatic carbocycles. The lowest BCUT2D eigenvalue weighted by atomic mass is 10.3. The fraction of sp³-hybridized carbons (Fsp3) is 0.294. The number of ether oxygens (including phenoxy) is 2. The Morgan fingerprint density at radius 1 is 1.12 bits per heavy atom. The molecule has 0 aliphatic carbocycles. The second-order valence-electron chi connectivity index (χ2n) is 5.50. The summed E-state index contributed by atoms with van der Waals surface area (Å²) in [7, 11) is 2.73. The highest BCUT2D eigenvalue weighted by atomic mass is 16.6. The van der Waals surface area contributed by atoms with Gasteiger partial charge >= 0.3 is 11.7 Å². The minimum Gasteiger partial charge on any atom is -0.479 e. The van der Waals surface area contributed by atoms with Crippen LogP contribution in [0.15, 0.2) is 46.0 Å². The highest BCUT2D eigenvalue weighted by Gasteiger charge is 2.18. The Labute approximate surface area is 148 Å². The summed E-state index contributed by atoms with van der Waals surface area (Å²) in [5.41, 5.74) is -1.15. The van der Waals surface area contributed by atoms with Crippen molar-refractivity contribution in [3.63, 3.8) is 0 Å². The summed E-state index contributed by atoms with van der Waals surface area (Å²) in [5, 5.41) is 2.36. The Bertz CT molecular complexity index is 916. The van der Waals surface area contributed by atoms with Gasteiger partial charge < -0.3 is 14.8 Å². The smallest absolute Gasteiger partial charge is 0.347 e.